The first-order chi connectivity index (χ1) is 12.9. The van der Waals surface area contributed by atoms with Crippen LogP contribution in [0.4, 0.5) is 39.5 Å². The Labute approximate surface area is 169 Å². The Balaban J connectivity index is 3.02. The number of benzene rings is 2. The van der Waals surface area contributed by atoms with Crippen molar-refractivity contribution in [3.05, 3.63) is 57.1 Å². The van der Waals surface area contributed by atoms with Crippen LogP contribution < -0.4 is 0 Å². The van der Waals surface area contributed by atoms with Crippen LogP contribution in [0.15, 0.2) is 24.3 Å². The van der Waals surface area contributed by atoms with Gasteiger partial charge in [0.25, 0.3) is 0 Å². The molecule has 1 atom stereocenters. The van der Waals surface area contributed by atoms with E-state index in [9.17, 15) is 35.1 Å². The number of hydrogen-bond donors (Lipinski definition) is 0. The largest absolute Gasteiger partial charge is 0.457 e. The molecule has 11 heteroatoms. The van der Waals surface area contributed by atoms with Gasteiger partial charge in [-0.15, -0.1) is 0 Å². The fourth-order valence-corrected chi connectivity index (χ4v) is 3.17. The molecule has 0 nitrogen and oxygen atoms in total. The molecule has 0 saturated heterocycles. The van der Waals surface area contributed by atoms with Gasteiger partial charge < -0.3 is 0 Å². The van der Waals surface area contributed by atoms with Crippen LogP contribution in [0.1, 0.15) is 16.7 Å². The van der Waals surface area contributed by atoms with Crippen molar-refractivity contribution in [1.82, 2.24) is 0 Å². The van der Waals surface area contributed by atoms with Crippen LogP contribution in [-0.4, -0.2) is 18.3 Å². The second-order valence-corrected chi connectivity index (χ2v) is 7.04. The van der Waals surface area contributed by atoms with E-state index in [2.05, 4.69) is 6.07 Å². The van der Waals surface area contributed by atoms with E-state index in [0.29, 0.717) is 0 Å². The first-order valence-electron chi connectivity index (χ1n) is 7.64. The van der Waals surface area contributed by atoms with Crippen LogP contribution in [0.25, 0.3) is 11.1 Å². The molecular formula is C18H10Cl2F9. The number of alkyl halides is 9. The van der Waals surface area contributed by atoms with Crippen molar-refractivity contribution in [3.63, 3.8) is 0 Å². The van der Waals surface area contributed by atoms with Crippen LogP contribution in [0.2, 0.25) is 10.0 Å². The molecule has 0 N–H and O–H groups in total. The number of halogens is 11. The third kappa shape index (κ3) is 3.79. The maximum atomic E-state index is 15.1. The molecule has 0 aliphatic carbocycles. The summed E-state index contributed by atoms with van der Waals surface area (Å²) < 4.78 is 122. The first kappa shape index (κ1) is 23.7. The smallest absolute Gasteiger partial charge is 0.221 e. The summed E-state index contributed by atoms with van der Waals surface area (Å²) >= 11 is 11.5. The molecule has 0 saturated carbocycles. The average molecular weight is 468 g/mol. The van der Waals surface area contributed by atoms with Gasteiger partial charge in [0, 0.05) is 5.56 Å². The summed E-state index contributed by atoms with van der Waals surface area (Å²) in [6.07, 6.45) is -13.4. The van der Waals surface area contributed by atoms with Gasteiger partial charge in [0.15, 0.2) is 0 Å². The summed E-state index contributed by atoms with van der Waals surface area (Å²) in [5.41, 5.74) is -9.73. The predicted octanol–water partition coefficient (Wildman–Crippen LogP) is 8.00. The summed E-state index contributed by atoms with van der Waals surface area (Å²) in [6.45, 7) is 2.18. The van der Waals surface area contributed by atoms with Gasteiger partial charge in [-0.25, -0.2) is 4.39 Å². The molecule has 0 aliphatic rings. The van der Waals surface area contributed by atoms with Crippen molar-refractivity contribution >= 4 is 23.2 Å². The maximum Gasteiger partial charge on any atom is 0.457 e. The summed E-state index contributed by atoms with van der Waals surface area (Å²) in [5, 5.41) is -0.289. The van der Waals surface area contributed by atoms with Gasteiger partial charge in [0.1, 0.15) is 0 Å². The van der Waals surface area contributed by atoms with Crippen LogP contribution in [0, 0.1) is 19.9 Å². The van der Waals surface area contributed by atoms with Gasteiger partial charge in [0.05, 0.1) is 10.0 Å². The highest BCUT2D eigenvalue weighted by Crippen LogP contribution is 2.60. The highest BCUT2D eigenvalue weighted by atomic mass is 35.5. The molecule has 0 amide bonds. The minimum absolute atomic E-state index is 0.0614. The molecule has 0 bridgehead atoms. The van der Waals surface area contributed by atoms with E-state index in [0.717, 1.165) is 32.0 Å². The van der Waals surface area contributed by atoms with E-state index in [1.165, 1.54) is 0 Å². The van der Waals surface area contributed by atoms with E-state index in [1.807, 2.05) is 0 Å². The van der Waals surface area contributed by atoms with Crippen LogP contribution in [-0.2, 0) is 5.67 Å². The van der Waals surface area contributed by atoms with E-state index < -0.39 is 35.1 Å². The Morgan fingerprint density at radius 3 is 1.76 bits per heavy atom. The van der Waals surface area contributed by atoms with E-state index in [1.54, 1.807) is 0 Å². The van der Waals surface area contributed by atoms with Crippen LogP contribution >= 0.6 is 23.2 Å². The molecule has 2 aromatic rings. The van der Waals surface area contributed by atoms with E-state index in [-0.39, 0.29) is 32.8 Å². The summed E-state index contributed by atoms with van der Waals surface area (Å²) in [4.78, 5) is 0. The maximum absolute atomic E-state index is 15.1. The lowest BCUT2D eigenvalue weighted by molar-refractivity contribution is -0.389. The molecule has 159 valence electrons. The van der Waals surface area contributed by atoms with Crippen molar-refractivity contribution in [3.8, 4) is 11.1 Å². The van der Waals surface area contributed by atoms with Gasteiger partial charge in [-0.05, 0) is 54.3 Å². The second-order valence-electron chi connectivity index (χ2n) is 6.22. The average Bonchev–Trinajstić information content (AvgIpc) is 2.54. The van der Waals surface area contributed by atoms with E-state index >= 15 is 4.39 Å². The standard InChI is InChI=1S/C18H10Cl2F9/c1-8-5-9(2)14(10-3-4-12(19)13(20)7-10)11(6-8)15(21,17(24,25)26)16(22,23)18(27,28)29/h3-4,6-7H,1-2H3. The van der Waals surface area contributed by atoms with Gasteiger partial charge in [-0.2, -0.15) is 35.1 Å². The number of rotatable bonds is 3. The molecule has 2 aromatic carbocycles. The minimum Gasteiger partial charge on any atom is -0.221 e. The normalized spacial score (nSPS) is 15.3. The zero-order valence-corrected chi connectivity index (χ0v) is 16.0. The third-order valence-corrected chi connectivity index (χ3v) is 4.89. The summed E-state index contributed by atoms with van der Waals surface area (Å²) in [5.74, 6) is -6.79. The predicted molar refractivity (Wildman–Crippen MR) is 90.1 cm³/mol. The molecule has 0 spiro atoms. The fraction of sp³-hybridized carbons (Fsp3) is 0.333. The second kappa shape index (κ2) is 7.27. The van der Waals surface area contributed by atoms with E-state index in [4.69, 9.17) is 23.2 Å². The highest BCUT2D eigenvalue weighted by Gasteiger charge is 2.82. The summed E-state index contributed by atoms with van der Waals surface area (Å²) in [7, 11) is 0. The topological polar surface area (TPSA) is 0 Å². The lowest BCUT2D eigenvalue weighted by atomic mass is 9.80. The Morgan fingerprint density at radius 1 is 0.759 bits per heavy atom. The monoisotopic (exact) mass is 467 g/mol. The van der Waals surface area contributed by atoms with Crippen molar-refractivity contribution < 1.29 is 39.5 Å². The Morgan fingerprint density at radius 2 is 1.31 bits per heavy atom. The molecule has 0 fully saturated rings. The van der Waals surface area contributed by atoms with Crippen molar-refractivity contribution in [2.45, 2.75) is 37.8 Å². The van der Waals surface area contributed by atoms with Gasteiger partial charge in [0.2, 0.25) is 0 Å². The quantitative estimate of drug-likeness (QED) is 0.401. The zero-order valence-electron chi connectivity index (χ0n) is 14.5. The Hall–Kier alpha value is -1.61. The van der Waals surface area contributed by atoms with Gasteiger partial charge in [-0.3, -0.25) is 0 Å². The fourth-order valence-electron chi connectivity index (χ4n) is 2.88. The third-order valence-electron chi connectivity index (χ3n) is 4.15. The van der Waals surface area contributed by atoms with Crippen molar-refractivity contribution in [1.29, 1.82) is 0 Å². The SMILES string of the molecule is Cc1[c]c(C)c(-c2ccc(Cl)c(Cl)c2)c(C(F)(C(F)(F)F)C(F)(F)C(F)(F)F)c1. The molecule has 0 heterocycles. The number of hydrogen-bond acceptors (Lipinski definition) is 0. The Kier molecular flexibility index (Phi) is 5.93. The first-order valence-corrected chi connectivity index (χ1v) is 8.40. The lowest BCUT2D eigenvalue weighted by Gasteiger charge is -2.37. The van der Waals surface area contributed by atoms with Crippen molar-refractivity contribution in [2.75, 3.05) is 0 Å². The highest BCUT2D eigenvalue weighted by molar-refractivity contribution is 6.42. The number of aryl methyl sites for hydroxylation is 2. The van der Waals surface area contributed by atoms with Crippen molar-refractivity contribution in [2.24, 2.45) is 0 Å². The summed E-state index contributed by atoms with van der Waals surface area (Å²) in [6, 6.07) is 5.78. The molecule has 2 rings (SSSR count). The lowest BCUT2D eigenvalue weighted by Crippen LogP contribution is -2.60. The molecule has 0 aliphatic heterocycles. The minimum atomic E-state index is -6.83. The van der Waals surface area contributed by atoms with Crippen LogP contribution in [0.5, 0.6) is 0 Å². The van der Waals surface area contributed by atoms with Gasteiger partial charge in [-0.1, -0.05) is 35.3 Å². The molecule has 1 unspecified atom stereocenters. The zero-order chi connectivity index (χ0) is 22.6. The molecule has 29 heavy (non-hydrogen) atoms. The van der Waals surface area contributed by atoms with Crippen LogP contribution in [0.3, 0.4) is 0 Å². The molecular weight excluding hydrogens is 458 g/mol. The van der Waals surface area contributed by atoms with Gasteiger partial charge >= 0.3 is 23.9 Å². The molecule has 1 radical (unpaired) electrons. The molecule has 0 aromatic heterocycles. The Bertz CT molecular complexity index is 932.